The zero-order chi connectivity index (χ0) is 22.2. The standard InChI is InChI=1S/C25H28N6O/c1-4-22-24-15-23(27-31(24)16-18(2)26-22)19-6-5-7-20-8-9-21(17-30(20)25(32)14-19)29-12-10-28(3)11-13-29/h5-9,14-17H,4,10-13H2,1-3H3/b6-5?,19-14?,20-7+. The third kappa shape index (κ3) is 3.80. The highest BCUT2D eigenvalue weighted by atomic mass is 16.2. The van der Waals surface area contributed by atoms with Gasteiger partial charge >= 0.3 is 0 Å². The summed E-state index contributed by atoms with van der Waals surface area (Å²) >= 11 is 0. The maximum absolute atomic E-state index is 13.3. The quantitative estimate of drug-likeness (QED) is 0.753. The summed E-state index contributed by atoms with van der Waals surface area (Å²) in [7, 11) is 2.14. The summed E-state index contributed by atoms with van der Waals surface area (Å²) in [6.45, 7) is 8.03. The van der Waals surface area contributed by atoms with Crippen molar-refractivity contribution in [1.29, 1.82) is 0 Å². The van der Waals surface area contributed by atoms with Crippen molar-refractivity contribution in [2.24, 2.45) is 0 Å². The van der Waals surface area contributed by atoms with Crippen molar-refractivity contribution in [3.8, 4) is 0 Å². The topological polar surface area (TPSA) is 57.0 Å². The van der Waals surface area contributed by atoms with Crippen LogP contribution in [0.25, 0.3) is 11.1 Å². The Morgan fingerprint density at radius 1 is 1.06 bits per heavy atom. The van der Waals surface area contributed by atoms with E-state index in [0.29, 0.717) is 0 Å². The van der Waals surface area contributed by atoms with Gasteiger partial charge in [-0.2, -0.15) is 5.10 Å². The predicted octanol–water partition coefficient (Wildman–Crippen LogP) is 2.92. The molecule has 0 aromatic carbocycles. The fraction of sp³-hybridized carbons (Fsp3) is 0.320. The van der Waals surface area contributed by atoms with Gasteiger partial charge in [-0.3, -0.25) is 14.7 Å². The number of carbonyl (C=O) groups is 1. The zero-order valence-electron chi connectivity index (χ0n) is 18.8. The van der Waals surface area contributed by atoms with Crippen molar-refractivity contribution < 1.29 is 4.79 Å². The van der Waals surface area contributed by atoms with Crippen molar-refractivity contribution in [2.45, 2.75) is 20.3 Å². The fourth-order valence-corrected chi connectivity index (χ4v) is 4.33. The maximum atomic E-state index is 13.3. The molecule has 3 aliphatic heterocycles. The number of piperazine rings is 1. The van der Waals surface area contributed by atoms with Gasteiger partial charge in [-0.1, -0.05) is 19.1 Å². The molecule has 0 aliphatic carbocycles. The van der Waals surface area contributed by atoms with E-state index in [1.54, 1.807) is 11.0 Å². The molecule has 5 heterocycles. The molecule has 0 saturated carbocycles. The zero-order valence-corrected chi connectivity index (χ0v) is 18.8. The number of allylic oxidation sites excluding steroid dienone is 6. The van der Waals surface area contributed by atoms with Crippen molar-refractivity contribution in [2.75, 3.05) is 33.2 Å². The van der Waals surface area contributed by atoms with E-state index in [1.165, 1.54) is 0 Å². The van der Waals surface area contributed by atoms with E-state index < -0.39 is 0 Å². The molecule has 2 aromatic rings. The molecule has 32 heavy (non-hydrogen) atoms. The van der Waals surface area contributed by atoms with Crippen molar-refractivity contribution in [1.82, 2.24) is 29.3 Å². The SMILES string of the molecule is CCc1nc(C)cn2nc(C3=CC(=O)N4C=C(N5CCN(C)CC5)C=C/C4=C\C=C3)cc12. The Morgan fingerprint density at radius 2 is 1.84 bits per heavy atom. The van der Waals surface area contributed by atoms with Gasteiger partial charge in [0, 0.05) is 49.7 Å². The predicted molar refractivity (Wildman–Crippen MR) is 125 cm³/mol. The lowest BCUT2D eigenvalue weighted by atomic mass is 10.1. The Labute approximate surface area is 188 Å². The van der Waals surface area contributed by atoms with Crippen LogP contribution in [-0.4, -0.2) is 68.4 Å². The van der Waals surface area contributed by atoms with Crippen LogP contribution < -0.4 is 0 Å². The van der Waals surface area contributed by atoms with Crippen LogP contribution in [0.1, 0.15) is 24.0 Å². The number of nitrogens with zero attached hydrogens (tertiary/aromatic N) is 6. The van der Waals surface area contributed by atoms with Gasteiger partial charge in [-0.05, 0) is 44.7 Å². The minimum atomic E-state index is -0.0753. The number of likely N-dealkylation sites (N-methyl/N-ethyl adjacent to an activating group) is 1. The third-order valence-corrected chi connectivity index (χ3v) is 6.17. The highest BCUT2D eigenvalue weighted by molar-refractivity contribution is 5.99. The molecule has 164 valence electrons. The van der Waals surface area contributed by atoms with Gasteiger partial charge in [0.25, 0.3) is 5.91 Å². The summed E-state index contributed by atoms with van der Waals surface area (Å²) in [4.78, 5) is 24.3. The van der Waals surface area contributed by atoms with Crippen LogP contribution in [0.5, 0.6) is 0 Å². The molecule has 0 radical (unpaired) electrons. The Morgan fingerprint density at radius 3 is 2.62 bits per heavy atom. The summed E-state index contributed by atoms with van der Waals surface area (Å²) in [5.41, 5.74) is 6.41. The molecule has 0 spiro atoms. The average Bonchev–Trinajstić information content (AvgIpc) is 3.21. The normalized spacial score (nSPS) is 21.1. The van der Waals surface area contributed by atoms with Crippen LogP contribution in [0, 0.1) is 6.92 Å². The number of aryl methyl sites for hydroxylation is 2. The van der Waals surface area contributed by atoms with Crippen molar-refractivity contribution >= 4 is 17.0 Å². The second-order valence-corrected chi connectivity index (χ2v) is 8.48. The first kappa shape index (κ1) is 20.5. The summed E-state index contributed by atoms with van der Waals surface area (Å²) in [5.74, 6) is -0.0753. The molecular formula is C25H28N6O. The van der Waals surface area contributed by atoms with Gasteiger partial charge in [0.15, 0.2) is 0 Å². The van der Waals surface area contributed by atoms with Crippen molar-refractivity contribution in [3.63, 3.8) is 0 Å². The number of carbonyl (C=O) groups excluding carboxylic acids is 1. The smallest absolute Gasteiger partial charge is 0.255 e. The lowest BCUT2D eigenvalue weighted by Crippen LogP contribution is -2.44. The van der Waals surface area contributed by atoms with Gasteiger partial charge in [0.05, 0.1) is 34.5 Å². The minimum absolute atomic E-state index is 0.0753. The number of amides is 1. The number of hydrogen-bond acceptors (Lipinski definition) is 5. The molecule has 0 atom stereocenters. The van der Waals surface area contributed by atoms with E-state index in [2.05, 4.69) is 34.8 Å². The van der Waals surface area contributed by atoms with Gasteiger partial charge in [0.2, 0.25) is 0 Å². The molecular weight excluding hydrogens is 400 g/mol. The Kier molecular flexibility index (Phi) is 5.27. The Bertz CT molecular complexity index is 1220. The fourth-order valence-electron chi connectivity index (χ4n) is 4.33. The molecule has 1 fully saturated rings. The highest BCUT2D eigenvalue weighted by Crippen LogP contribution is 2.26. The van der Waals surface area contributed by atoms with Crippen LogP contribution in [-0.2, 0) is 11.2 Å². The molecule has 2 aromatic heterocycles. The van der Waals surface area contributed by atoms with E-state index >= 15 is 0 Å². The molecule has 1 amide bonds. The first-order valence-electron chi connectivity index (χ1n) is 11.1. The number of rotatable bonds is 3. The largest absolute Gasteiger partial charge is 0.368 e. The molecule has 7 nitrogen and oxygen atoms in total. The van der Waals surface area contributed by atoms with Crippen LogP contribution in [0.3, 0.4) is 0 Å². The summed E-state index contributed by atoms with van der Waals surface area (Å²) in [5, 5.41) is 4.74. The summed E-state index contributed by atoms with van der Waals surface area (Å²) in [6.07, 6.45) is 16.4. The van der Waals surface area contributed by atoms with Crippen LogP contribution in [0.4, 0.5) is 0 Å². The van der Waals surface area contributed by atoms with Gasteiger partial charge in [0.1, 0.15) is 0 Å². The molecule has 1 saturated heterocycles. The first-order chi connectivity index (χ1) is 15.5. The lowest BCUT2D eigenvalue weighted by Gasteiger charge is -2.36. The minimum Gasteiger partial charge on any atom is -0.368 e. The van der Waals surface area contributed by atoms with E-state index in [0.717, 1.165) is 72.2 Å². The van der Waals surface area contributed by atoms with E-state index in [9.17, 15) is 4.79 Å². The summed E-state index contributed by atoms with van der Waals surface area (Å²) < 4.78 is 1.87. The molecule has 0 unspecified atom stereocenters. The highest BCUT2D eigenvalue weighted by Gasteiger charge is 2.23. The molecule has 5 rings (SSSR count). The van der Waals surface area contributed by atoms with Crippen LogP contribution in [0.15, 0.2) is 66.3 Å². The number of fused-ring (bicyclic) bond motifs is 2. The van der Waals surface area contributed by atoms with E-state index in [4.69, 9.17) is 5.10 Å². The molecule has 0 bridgehead atoms. The van der Waals surface area contributed by atoms with Crippen LogP contribution >= 0.6 is 0 Å². The van der Waals surface area contributed by atoms with Gasteiger partial charge in [-0.25, -0.2) is 4.52 Å². The van der Waals surface area contributed by atoms with Gasteiger partial charge in [-0.15, -0.1) is 0 Å². The van der Waals surface area contributed by atoms with E-state index in [-0.39, 0.29) is 5.91 Å². The number of hydrogen-bond donors (Lipinski definition) is 0. The Hall–Kier alpha value is -3.45. The Balaban J connectivity index is 1.48. The monoisotopic (exact) mass is 428 g/mol. The third-order valence-electron chi connectivity index (χ3n) is 6.17. The van der Waals surface area contributed by atoms with Crippen molar-refractivity contribution in [3.05, 3.63) is 83.4 Å². The summed E-state index contributed by atoms with van der Waals surface area (Å²) in [6, 6.07) is 2.02. The lowest BCUT2D eigenvalue weighted by molar-refractivity contribution is -0.122. The second-order valence-electron chi connectivity index (χ2n) is 8.48. The number of aromatic nitrogens is 3. The first-order valence-corrected chi connectivity index (χ1v) is 11.1. The van der Waals surface area contributed by atoms with E-state index in [1.807, 2.05) is 54.2 Å². The molecule has 3 aliphatic rings. The maximum Gasteiger partial charge on any atom is 0.255 e. The van der Waals surface area contributed by atoms with Crippen LogP contribution in [0.2, 0.25) is 0 Å². The second kappa shape index (κ2) is 8.24. The van der Waals surface area contributed by atoms with Gasteiger partial charge < -0.3 is 9.80 Å². The average molecular weight is 429 g/mol. The molecule has 0 N–H and O–H groups in total. The molecule has 7 heteroatoms.